The maximum atomic E-state index is 5.43. The zero-order chi connectivity index (χ0) is 14.8. The van der Waals surface area contributed by atoms with Crippen molar-refractivity contribution in [1.29, 1.82) is 0 Å². The molecule has 0 bridgehead atoms. The number of hydrogen-bond acceptors (Lipinski definition) is 5. The van der Waals surface area contributed by atoms with E-state index in [2.05, 4.69) is 10.4 Å². The van der Waals surface area contributed by atoms with E-state index >= 15 is 0 Å². The maximum Gasteiger partial charge on any atom is 0.231 e. The van der Waals surface area contributed by atoms with Crippen LogP contribution in [0.25, 0.3) is 0 Å². The highest BCUT2D eigenvalue weighted by Gasteiger charge is 2.19. The molecule has 2 aromatic rings. The lowest BCUT2D eigenvalue weighted by molar-refractivity contribution is 0.171. The number of nitrogens with one attached hydrogen (secondary N) is 1. The average molecular weight is 289 g/mol. The fraction of sp³-hybridized carbons (Fsp3) is 0.400. The second-order valence-corrected chi connectivity index (χ2v) is 5.05. The van der Waals surface area contributed by atoms with Gasteiger partial charge in [0.1, 0.15) is 0 Å². The van der Waals surface area contributed by atoms with Crippen molar-refractivity contribution in [3.8, 4) is 17.2 Å². The number of nitrogens with zero attached hydrogens (tertiary/aromatic N) is 2. The minimum atomic E-state index is 0.247. The zero-order valence-corrected chi connectivity index (χ0v) is 12.5. The molecule has 112 valence electrons. The molecule has 1 aromatic carbocycles. The minimum Gasteiger partial charge on any atom is -0.493 e. The predicted octanol–water partition coefficient (Wildman–Crippen LogP) is 1.76. The minimum absolute atomic E-state index is 0.247. The van der Waals surface area contributed by atoms with Crippen LogP contribution in [0.3, 0.4) is 0 Å². The summed E-state index contributed by atoms with van der Waals surface area (Å²) in [6.45, 7) is 3.76. The Labute approximate surface area is 123 Å². The van der Waals surface area contributed by atoms with Gasteiger partial charge in [0.2, 0.25) is 12.5 Å². The average Bonchev–Trinajstić information content (AvgIpc) is 3.04. The van der Waals surface area contributed by atoms with Gasteiger partial charge >= 0.3 is 0 Å². The molecule has 0 unspecified atom stereocenters. The van der Waals surface area contributed by atoms with E-state index < -0.39 is 0 Å². The summed E-state index contributed by atoms with van der Waals surface area (Å²) < 4.78 is 18.0. The molecular weight excluding hydrogens is 270 g/mol. The van der Waals surface area contributed by atoms with Crippen molar-refractivity contribution < 1.29 is 14.2 Å². The van der Waals surface area contributed by atoms with Crippen molar-refractivity contribution in [2.75, 3.05) is 13.9 Å². The highest BCUT2D eigenvalue weighted by atomic mass is 16.7. The van der Waals surface area contributed by atoms with Crippen LogP contribution in [0.5, 0.6) is 17.2 Å². The summed E-state index contributed by atoms with van der Waals surface area (Å²) in [6.07, 6.45) is 2.03. The molecule has 0 saturated heterocycles. The molecule has 6 heteroatoms. The van der Waals surface area contributed by atoms with Gasteiger partial charge in [-0.15, -0.1) is 0 Å². The van der Waals surface area contributed by atoms with Gasteiger partial charge in [0.15, 0.2) is 11.5 Å². The third kappa shape index (κ3) is 2.80. The number of hydrogen-bond donors (Lipinski definition) is 1. The normalized spacial score (nSPS) is 12.7. The lowest BCUT2D eigenvalue weighted by atomic mass is 10.1. The van der Waals surface area contributed by atoms with Crippen LogP contribution >= 0.6 is 0 Å². The standard InChI is InChI=1S/C15H19N3O3/c1-10-12(8-18(2)17-10)7-16-6-11-4-13(19-3)15-14(5-11)20-9-21-15/h4-5,8,16H,6-7,9H2,1-3H3. The predicted molar refractivity (Wildman–Crippen MR) is 77.6 cm³/mol. The Morgan fingerprint density at radius 2 is 2.19 bits per heavy atom. The van der Waals surface area contributed by atoms with Gasteiger partial charge in [-0.2, -0.15) is 5.10 Å². The molecule has 0 radical (unpaired) electrons. The molecule has 0 spiro atoms. The molecule has 1 aliphatic rings. The van der Waals surface area contributed by atoms with E-state index in [1.165, 1.54) is 5.56 Å². The van der Waals surface area contributed by atoms with E-state index in [-0.39, 0.29) is 6.79 Å². The molecular formula is C15H19N3O3. The van der Waals surface area contributed by atoms with Gasteiger partial charge in [-0.1, -0.05) is 0 Å². The second-order valence-electron chi connectivity index (χ2n) is 5.05. The van der Waals surface area contributed by atoms with E-state index in [1.807, 2.05) is 37.0 Å². The maximum absolute atomic E-state index is 5.43. The first-order valence-corrected chi connectivity index (χ1v) is 6.83. The van der Waals surface area contributed by atoms with Crippen molar-refractivity contribution in [2.45, 2.75) is 20.0 Å². The highest BCUT2D eigenvalue weighted by Crippen LogP contribution is 2.41. The van der Waals surface area contributed by atoms with Gasteiger partial charge < -0.3 is 19.5 Å². The molecule has 0 atom stereocenters. The van der Waals surface area contributed by atoms with Crippen LogP contribution in [0.15, 0.2) is 18.3 Å². The van der Waals surface area contributed by atoms with Gasteiger partial charge in [0.25, 0.3) is 0 Å². The summed E-state index contributed by atoms with van der Waals surface area (Å²) in [4.78, 5) is 0. The van der Waals surface area contributed by atoms with Gasteiger partial charge in [0, 0.05) is 31.9 Å². The van der Waals surface area contributed by atoms with Crippen LogP contribution in [0.1, 0.15) is 16.8 Å². The van der Waals surface area contributed by atoms with E-state index in [0.29, 0.717) is 11.5 Å². The monoisotopic (exact) mass is 289 g/mol. The molecule has 0 fully saturated rings. The lowest BCUT2D eigenvalue weighted by Crippen LogP contribution is -2.13. The highest BCUT2D eigenvalue weighted by molar-refractivity contribution is 5.55. The van der Waals surface area contributed by atoms with E-state index in [1.54, 1.807) is 7.11 Å². The van der Waals surface area contributed by atoms with Crippen LogP contribution in [0, 0.1) is 6.92 Å². The van der Waals surface area contributed by atoms with Crippen molar-refractivity contribution in [1.82, 2.24) is 15.1 Å². The Morgan fingerprint density at radius 3 is 2.90 bits per heavy atom. The third-order valence-electron chi connectivity index (χ3n) is 3.48. The number of rotatable bonds is 5. The number of ether oxygens (including phenoxy) is 3. The Balaban J connectivity index is 1.67. The Kier molecular flexibility index (Phi) is 3.70. The first-order valence-electron chi connectivity index (χ1n) is 6.83. The molecule has 0 aliphatic carbocycles. The SMILES string of the molecule is COc1cc(CNCc2cn(C)nc2C)cc2c1OCO2. The second kappa shape index (κ2) is 5.65. The van der Waals surface area contributed by atoms with Crippen LogP contribution in [0.2, 0.25) is 0 Å². The summed E-state index contributed by atoms with van der Waals surface area (Å²) in [7, 11) is 3.56. The molecule has 21 heavy (non-hydrogen) atoms. The fourth-order valence-corrected chi connectivity index (χ4v) is 2.45. The molecule has 3 rings (SSSR count). The van der Waals surface area contributed by atoms with Crippen LogP contribution < -0.4 is 19.5 Å². The summed E-state index contributed by atoms with van der Waals surface area (Å²) in [5, 5.41) is 7.74. The smallest absolute Gasteiger partial charge is 0.231 e. The number of fused-ring (bicyclic) bond motifs is 1. The molecule has 1 aliphatic heterocycles. The first-order chi connectivity index (χ1) is 10.2. The number of benzene rings is 1. The fourth-order valence-electron chi connectivity index (χ4n) is 2.45. The number of aryl methyl sites for hydroxylation is 2. The quantitative estimate of drug-likeness (QED) is 0.909. The molecule has 0 saturated carbocycles. The first kappa shape index (κ1) is 13.8. The molecule has 0 amide bonds. The summed E-state index contributed by atoms with van der Waals surface area (Å²) in [5.74, 6) is 2.13. The van der Waals surface area contributed by atoms with Crippen LogP contribution in [0.4, 0.5) is 0 Å². The number of aromatic nitrogens is 2. The van der Waals surface area contributed by atoms with Gasteiger partial charge in [-0.3, -0.25) is 4.68 Å². The lowest BCUT2D eigenvalue weighted by Gasteiger charge is -2.09. The largest absolute Gasteiger partial charge is 0.493 e. The summed E-state index contributed by atoms with van der Waals surface area (Å²) >= 11 is 0. The van der Waals surface area contributed by atoms with Crippen molar-refractivity contribution in [3.05, 3.63) is 35.2 Å². The molecule has 6 nitrogen and oxygen atoms in total. The Hall–Kier alpha value is -2.21. The van der Waals surface area contributed by atoms with Crippen molar-refractivity contribution in [3.63, 3.8) is 0 Å². The van der Waals surface area contributed by atoms with Gasteiger partial charge in [0.05, 0.1) is 12.8 Å². The van der Waals surface area contributed by atoms with Crippen molar-refractivity contribution >= 4 is 0 Å². The van der Waals surface area contributed by atoms with E-state index in [4.69, 9.17) is 14.2 Å². The van der Waals surface area contributed by atoms with Crippen molar-refractivity contribution in [2.24, 2.45) is 7.05 Å². The van der Waals surface area contributed by atoms with Crippen LogP contribution in [-0.4, -0.2) is 23.7 Å². The van der Waals surface area contributed by atoms with E-state index in [9.17, 15) is 0 Å². The molecule has 1 N–H and O–H groups in total. The third-order valence-corrected chi connectivity index (χ3v) is 3.48. The molecule has 1 aromatic heterocycles. The zero-order valence-electron chi connectivity index (χ0n) is 12.5. The van der Waals surface area contributed by atoms with Crippen LogP contribution in [-0.2, 0) is 20.1 Å². The van der Waals surface area contributed by atoms with E-state index in [0.717, 1.165) is 30.1 Å². The molecule has 2 heterocycles. The Morgan fingerprint density at radius 1 is 1.33 bits per heavy atom. The number of methoxy groups -OCH3 is 1. The van der Waals surface area contributed by atoms with Gasteiger partial charge in [-0.05, 0) is 24.6 Å². The summed E-state index contributed by atoms with van der Waals surface area (Å²) in [5.41, 5.74) is 3.34. The topological polar surface area (TPSA) is 57.5 Å². The summed E-state index contributed by atoms with van der Waals surface area (Å²) in [6, 6.07) is 3.95. The Bertz CT molecular complexity index is 652. The van der Waals surface area contributed by atoms with Gasteiger partial charge in [-0.25, -0.2) is 0 Å².